The maximum Gasteiger partial charge on any atom is 0.417 e. The second kappa shape index (κ2) is 7.01. The van der Waals surface area contributed by atoms with Gasteiger partial charge in [-0.15, -0.1) is 0 Å². The zero-order valence-electron chi connectivity index (χ0n) is 13.6. The van der Waals surface area contributed by atoms with E-state index >= 15 is 0 Å². The van der Waals surface area contributed by atoms with Crippen LogP contribution >= 0.6 is 0 Å². The minimum Gasteiger partial charge on any atom is -0.447 e. The predicted octanol–water partition coefficient (Wildman–Crippen LogP) is 3.66. The zero-order chi connectivity index (χ0) is 18.0. The Hall–Kier alpha value is -2.76. The van der Waals surface area contributed by atoms with E-state index < -0.39 is 35.6 Å². The monoisotopic (exact) mass is 345 g/mol. The van der Waals surface area contributed by atoms with Crippen molar-refractivity contribution in [2.75, 3.05) is 6.61 Å². The van der Waals surface area contributed by atoms with Crippen LogP contribution in [-0.4, -0.2) is 29.5 Å². The predicted molar refractivity (Wildman–Crippen MR) is 86.9 cm³/mol. The number of hydrogen-bond acceptors (Lipinski definition) is 3. The fourth-order valence-corrected chi connectivity index (χ4v) is 2.96. The second-order valence-electron chi connectivity index (χ2n) is 6.02. The minimum atomic E-state index is -0.926. The number of cyclic esters (lactones) is 1. The zero-order valence-corrected chi connectivity index (χ0v) is 13.6. The van der Waals surface area contributed by atoms with Crippen molar-refractivity contribution < 1.29 is 23.1 Å². The highest BCUT2D eigenvalue weighted by Gasteiger charge is 2.40. The van der Waals surface area contributed by atoms with E-state index in [-0.39, 0.29) is 12.2 Å². The molecule has 4 nitrogen and oxygen atoms in total. The molecule has 1 heterocycles. The number of hydrogen-bond donors (Lipinski definition) is 0. The number of amides is 2. The highest BCUT2D eigenvalue weighted by molar-refractivity contribution is 5.97. The molecule has 1 aliphatic heterocycles. The summed E-state index contributed by atoms with van der Waals surface area (Å²) in [5.74, 6) is -3.02. The molecule has 0 spiro atoms. The van der Waals surface area contributed by atoms with Crippen molar-refractivity contribution in [3.8, 4) is 0 Å². The third-order valence-electron chi connectivity index (χ3n) is 4.31. The smallest absolute Gasteiger partial charge is 0.417 e. The van der Waals surface area contributed by atoms with Crippen LogP contribution in [0, 0.1) is 11.6 Å². The van der Waals surface area contributed by atoms with Gasteiger partial charge >= 0.3 is 6.09 Å². The molecule has 25 heavy (non-hydrogen) atoms. The van der Waals surface area contributed by atoms with E-state index in [0.717, 1.165) is 22.6 Å². The largest absolute Gasteiger partial charge is 0.447 e. The first-order valence-corrected chi connectivity index (χ1v) is 7.96. The molecule has 0 aromatic heterocycles. The molecule has 2 atom stereocenters. The number of benzene rings is 2. The molecule has 0 saturated carbocycles. The third kappa shape index (κ3) is 3.52. The van der Waals surface area contributed by atoms with Crippen molar-refractivity contribution >= 4 is 12.0 Å². The Morgan fingerprint density at radius 3 is 2.64 bits per heavy atom. The number of halogens is 2. The first-order chi connectivity index (χ1) is 12.0. The van der Waals surface area contributed by atoms with Crippen LogP contribution in [0.4, 0.5) is 13.6 Å². The highest BCUT2D eigenvalue weighted by atomic mass is 19.1. The summed E-state index contributed by atoms with van der Waals surface area (Å²) in [6.45, 7) is 1.59. The number of carbonyl (C=O) groups excluding carboxylic acids is 2. The van der Waals surface area contributed by atoms with E-state index in [4.69, 9.17) is 4.74 Å². The molecule has 3 rings (SSSR count). The lowest BCUT2D eigenvalue weighted by Gasteiger charge is -2.23. The summed E-state index contributed by atoms with van der Waals surface area (Å²) < 4.78 is 32.1. The molecule has 0 aliphatic carbocycles. The van der Waals surface area contributed by atoms with Gasteiger partial charge in [0.25, 0.3) is 0 Å². The lowest BCUT2D eigenvalue weighted by atomic mass is 9.97. The van der Waals surface area contributed by atoms with Gasteiger partial charge in [-0.2, -0.15) is 0 Å². The summed E-state index contributed by atoms with van der Waals surface area (Å²) in [6.07, 6.45) is -0.281. The van der Waals surface area contributed by atoms with E-state index in [1.165, 1.54) is 13.0 Å². The van der Waals surface area contributed by atoms with Gasteiger partial charge in [0.05, 0.1) is 12.0 Å². The van der Waals surface area contributed by atoms with Crippen molar-refractivity contribution in [3.05, 3.63) is 71.3 Å². The van der Waals surface area contributed by atoms with Crippen LogP contribution in [0.5, 0.6) is 0 Å². The van der Waals surface area contributed by atoms with Crippen LogP contribution in [0.2, 0.25) is 0 Å². The van der Waals surface area contributed by atoms with Gasteiger partial charge in [0.1, 0.15) is 18.2 Å². The Kier molecular flexibility index (Phi) is 4.79. The Balaban J connectivity index is 1.81. The fraction of sp³-hybridized carbons (Fsp3) is 0.263. The van der Waals surface area contributed by atoms with Gasteiger partial charge in [-0.05, 0) is 25.0 Å². The maximum absolute atomic E-state index is 14.0. The summed E-state index contributed by atoms with van der Waals surface area (Å²) in [5.41, 5.74) is 1.01. The van der Waals surface area contributed by atoms with E-state index in [0.29, 0.717) is 6.42 Å². The minimum absolute atomic E-state index is 0.0459. The van der Waals surface area contributed by atoms with E-state index in [1.54, 1.807) is 0 Å². The SMILES string of the molecule is C[C@H](C(=O)N1C(=O)OC[C@@H]1Cc1ccccc1)c1ccc(F)cc1F. The second-order valence-corrected chi connectivity index (χ2v) is 6.02. The first-order valence-electron chi connectivity index (χ1n) is 7.96. The van der Waals surface area contributed by atoms with Gasteiger partial charge in [0, 0.05) is 11.6 Å². The summed E-state index contributed by atoms with van der Waals surface area (Å²) in [7, 11) is 0. The number of nitrogens with zero attached hydrogens (tertiary/aromatic N) is 1. The number of ether oxygens (including phenoxy) is 1. The van der Waals surface area contributed by atoms with Gasteiger partial charge in [0.2, 0.25) is 5.91 Å². The Morgan fingerprint density at radius 2 is 1.96 bits per heavy atom. The van der Waals surface area contributed by atoms with E-state index in [1.807, 2.05) is 30.3 Å². The maximum atomic E-state index is 14.0. The molecule has 2 aromatic carbocycles. The molecular weight excluding hydrogens is 328 g/mol. The van der Waals surface area contributed by atoms with Crippen molar-refractivity contribution in [1.29, 1.82) is 0 Å². The summed E-state index contributed by atoms with van der Waals surface area (Å²) in [5, 5.41) is 0. The van der Waals surface area contributed by atoms with Gasteiger partial charge in [-0.25, -0.2) is 18.5 Å². The molecule has 6 heteroatoms. The molecular formula is C19H17F2NO3. The van der Waals surface area contributed by atoms with Crippen molar-refractivity contribution in [1.82, 2.24) is 4.90 Å². The van der Waals surface area contributed by atoms with Gasteiger partial charge < -0.3 is 4.74 Å². The molecule has 1 fully saturated rings. The van der Waals surface area contributed by atoms with Crippen LogP contribution in [0.1, 0.15) is 24.0 Å². The molecule has 2 aromatic rings. The van der Waals surface area contributed by atoms with Crippen LogP contribution in [-0.2, 0) is 16.0 Å². The van der Waals surface area contributed by atoms with Crippen LogP contribution < -0.4 is 0 Å². The standard InChI is InChI=1S/C19H17F2NO3/c1-12(16-8-7-14(20)10-17(16)21)18(23)22-15(11-25-19(22)24)9-13-5-3-2-4-6-13/h2-8,10,12,15H,9,11H2,1H3/t12-,15-/m0/s1. The van der Waals surface area contributed by atoms with Crippen molar-refractivity contribution in [2.45, 2.75) is 25.3 Å². The van der Waals surface area contributed by atoms with Crippen LogP contribution in [0.25, 0.3) is 0 Å². The summed E-state index contributed by atoms with van der Waals surface area (Å²) in [6, 6.07) is 12.0. The number of rotatable bonds is 4. The fourth-order valence-electron chi connectivity index (χ4n) is 2.96. The molecule has 1 aliphatic rings. The Morgan fingerprint density at radius 1 is 1.24 bits per heavy atom. The molecule has 0 unspecified atom stereocenters. The molecule has 1 saturated heterocycles. The lowest BCUT2D eigenvalue weighted by molar-refractivity contribution is -0.130. The topological polar surface area (TPSA) is 46.6 Å². The normalized spacial score (nSPS) is 18.1. The molecule has 0 radical (unpaired) electrons. The molecule has 0 bridgehead atoms. The summed E-state index contributed by atoms with van der Waals surface area (Å²) >= 11 is 0. The van der Waals surface area contributed by atoms with Gasteiger partial charge in [-0.1, -0.05) is 36.4 Å². The average molecular weight is 345 g/mol. The Labute approximate surface area is 144 Å². The molecule has 130 valence electrons. The van der Waals surface area contributed by atoms with Crippen molar-refractivity contribution in [3.63, 3.8) is 0 Å². The van der Waals surface area contributed by atoms with E-state index in [9.17, 15) is 18.4 Å². The summed E-state index contributed by atoms with van der Waals surface area (Å²) in [4.78, 5) is 25.8. The van der Waals surface area contributed by atoms with Crippen LogP contribution in [0.15, 0.2) is 48.5 Å². The van der Waals surface area contributed by atoms with Gasteiger partial charge in [-0.3, -0.25) is 4.79 Å². The quantitative estimate of drug-likeness (QED) is 0.850. The third-order valence-corrected chi connectivity index (χ3v) is 4.31. The Bertz CT molecular complexity index is 795. The number of carbonyl (C=O) groups is 2. The lowest BCUT2D eigenvalue weighted by Crippen LogP contribution is -2.42. The highest BCUT2D eigenvalue weighted by Crippen LogP contribution is 2.26. The van der Waals surface area contributed by atoms with Crippen LogP contribution in [0.3, 0.4) is 0 Å². The van der Waals surface area contributed by atoms with Crippen molar-refractivity contribution in [2.24, 2.45) is 0 Å². The number of imide groups is 1. The van der Waals surface area contributed by atoms with Gasteiger partial charge in [0.15, 0.2) is 0 Å². The molecule has 2 amide bonds. The van der Waals surface area contributed by atoms with E-state index in [2.05, 4.69) is 0 Å². The molecule has 0 N–H and O–H groups in total. The average Bonchev–Trinajstić information content (AvgIpc) is 2.95. The first kappa shape index (κ1) is 17.1.